The van der Waals surface area contributed by atoms with Crippen LogP contribution in [0.4, 0.5) is 0 Å². The molecule has 0 aromatic carbocycles. The average molecular weight is 348 g/mol. The molecule has 1 saturated carbocycles. The van der Waals surface area contributed by atoms with Gasteiger partial charge < -0.3 is 15.6 Å². The maximum atomic E-state index is 12.1. The maximum absolute atomic E-state index is 12.1. The molecule has 0 radical (unpaired) electrons. The Labute approximate surface area is 137 Å². The molecular formula is C13H15Cl2N3O2S. The van der Waals surface area contributed by atoms with E-state index in [0.29, 0.717) is 22.6 Å². The second-order valence-electron chi connectivity index (χ2n) is 4.83. The van der Waals surface area contributed by atoms with Crippen molar-refractivity contribution < 1.29 is 9.32 Å². The van der Waals surface area contributed by atoms with Crippen molar-refractivity contribution >= 4 is 41.3 Å². The van der Waals surface area contributed by atoms with Crippen LogP contribution in [0, 0.1) is 5.92 Å². The fourth-order valence-electron chi connectivity index (χ4n) is 2.06. The van der Waals surface area contributed by atoms with Crippen LogP contribution in [0.2, 0.25) is 4.34 Å². The Morgan fingerprint density at radius 1 is 1.57 bits per heavy atom. The van der Waals surface area contributed by atoms with Gasteiger partial charge in [0.25, 0.3) is 5.91 Å². The van der Waals surface area contributed by atoms with Crippen LogP contribution in [-0.2, 0) is 0 Å². The Balaban J connectivity index is 0.00000161. The van der Waals surface area contributed by atoms with Gasteiger partial charge in [0, 0.05) is 18.7 Å². The smallest absolute Gasteiger partial charge is 0.273 e. The highest BCUT2D eigenvalue weighted by atomic mass is 35.5. The van der Waals surface area contributed by atoms with Crippen LogP contribution in [0.1, 0.15) is 23.3 Å². The summed E-state index contributed by atoms with van der Waals surface area (Å²) in [5.41, 5.74) is 5.93. The Kier molecular flexibility index (Phi) is 5.27. The predicted octanol–water partition coefficient (Wildman–Crippen LogP) is 2.95. The Bertz CT molecular complexity index is 624. The van der Waals surface area contributed by atoms with Crippen molar-refractivity contribution in [3.05, 3.63) is 28.2 Å². The zero-order valence-corrected chi connectivity index (χ0v) is 13.4. The van der Waals surface area contributed by atoms with Crippen molar-refractivity contribution in [2.24, 2.45) is 11.7 Å². The highest BCUT2D eigenvalue weighted by Gasteiger charge is 2.32. The van der Waals surface area contributed by atoms with Crippen molar-refractivity contribution in [1.29, 1.82) is 0 Å². The van der Waals surface area contributed by atoms with Gasteiger partial charge in [0.15, 0.2) is 11.5 Å². The van der Waals surface area contributed by atoms with Crippen LogP contribution in [0.25, 0.3) is 10.6 Å². The summed E-state index contributed by atoms with van der Waals surface area (Å²) in [5.74, 6) is 0.805. The monoisotopic (exact) mass is 347 g/mol. The van der Waals surface area contributed by atoms with Crippen LogP contribution in [0.3, 0.4) is 0 Å². The van der Waals surface area contributed by atoms with Crippen LogP contribution >= 0.6 is 35.3 Å². The van der Waals surface area contributed by atoms with Gasteiger partial charge in [-0.05, 0) is 30.9 Å². The van der Waals surface area contributed by atoms with Crippen molar-refractivity contribution in [2.45, 2.75) is 18.9 Å². The Hall–Kier alpha value is -1.08. The minimum Gasteiger partial charge on any atom is -0.355 e. The summed E-state index contributed by atoms with van der Waals surface area (Å²) in [4.78, 5) is 12.9. The number of halogens is 2. The molecule has 21 heavy (non-hydrogen) atoms. The average Bonchev–Trinajstić information content (AvgIpc) is 2.99. The molecule has 0 bridgehead atoms. The predicted molar refractivity (Wildman–Crippen MR) is 85.1 cm³/mol. The normalized spacial score (nSPS) is 15.3. The molecule has 0 aliphatic heterocycles. The molecule has 8 heteroatoms. The standard InChI is InChI=1S/C13H14ClN3O2S.ClH/c14-12-4-3-11(20-12)10-5-8(17-19-10)13(18)16-9(6-15)7-1-2-7;/h3-5,7,9H,1-2,6,15H2,(H,16,18);1H. The van der Waals surface area contributed by atoms with Crippen molar-refractivity contribution in [2.75, 3.05) is 6.54 Å². The van der Waals surface area contributed by atoms with Gasteiger partial charge in [-0.15, -0.1) is 23.7 Å². The largest absolute Gasteiger partial charge is 0.355 e. The topological polar surface area (TPSA) is 81.1 Å². The van der Waals surface area contributed by atoms with E-state index in [1.54, 1.807) is 12.1 Å². The first-order valence-corrected chi connectivity index (χ1v) is 7.60. The number of aromatic nitrogens is 1. The number of carbonyl (C=O) groups is 1. The van der Waals surface area contributed by atoms with Crippen LogP contribution in [-0.4, -0.2) is 23.7 Å². The van der Waals surface area contributed by atoms with Gasteiger partial charge in [-0.3, -0.25) is 4.79 Å². The number of nitrogens with one attached hydrogen (secondary N) is 1. The molecule has 1 atom stereocenters. The van der Waals surface area contributed by atoms with Gasteiger partial charge in [0.05, 0.1) is 9.21 Å². The molecule has 1 aliphatic rings. The maximum Gasteiger partial charge on any atom is 0.273 e. The van der Waals surface area contributed by atoms with E-state index in [9.17, 15) is 4.79 Å². The van der Waals surface area contributed by atoms with Gasteiger partial charge in [-0.2, -0.15) is 0 Å². The summed E-state index contributed by atoms with van der Waals surface area (Å²) in [6.07, 6.45) is 2.25. The first-order chi connectivity index (χ1) is 9.67. The molecule has 3 N–H and O–H groups in total. The van der Waals surface area contributed by atoms with Gasteiger partial charge >= 0.3 is 0 Å². The van der Waals surface area contributed by atoms with E-state index < -0.39 is 0 Å². The molecule has 1 fully saturated rings. The molecular weight excluding hydrogens is 333 g/mol. The molecule has 0 saturated heterocycles. The number of nitrogens with two attached hydrogens (primary N) is 1. The second kappa shape index (κ2) is 6.79. The zero-order valence-electron chi connectivity index (χ0n) is 11.0. The number of nitrogens with zero attached hydrogens (tertiary/aromatic N) is 1. The number of hydrogen-bond donors (Lipinski definition) is 2. The first kappa shape index (κ1) is 16.3. The summed E-state index contributed by atoms with van der Waals surface area (Å²) in [6.45, 7) is 0.446. The first-order valence-electron chi connectivity index (χ1n) is 6.40. The molecule has 3 rings (SSSR count). The van der Waals surface area contributed by atoms with Crippen LogP contribution in [0.5, 0.6) is 0 Å². The molecule has 5 nitrogen and oxygen atoms in total. The van der Waals surface area contributed by atoms with Crippen LogP contribution < -0.4 is 11.1 Å². The van der Waals surface area contributed by atoms with Crippen molar-refractivity contribution in [3.8, 4) is 10.6 Å². The lowest BCUT2D eigenvalue weighted by molar-refractivity contribution is 0.0924. The Morgan fingerprint density at radius 2 is 2.33 bits per heavy atom. The summed E-state index contributed by atoms with van der Waals surface area (Å²) in [5, 5.41) is 6.71. The quantitative estimate of drug-likeness (QED) is 0.871. The van der Waals surface area contributed by atoms with E-state index in [0.717, 1.165) is 17.7 Å². The number of thiophene rings is 1. The minimum atomic E-state index is -0.245. The third kappa shape index (κ3) is 3.77. The summed E-state index contributed by atoms with van der Waals surface area (Å²) in [7, 11) is 0. The molecule has 1 aliphatic carbocycles. The fraction of sp³-hybridized carbons (Fsp3) is 0.385. The van der Waals surface area contributed by atoms with E-state index in [2.05, 4.69) is 10.5 Å². The number of amides is 1. The second-order valence-corrected chi connectivity index (χ2v) is 6.55. The highest BCUT2D eigenvalue weighted by molar-refractivity contribution is 7.19. The molecule has 0 spiro atoms. The molecule has 2 heterocycles. The summed E-state index contributed by atoms with van der Waals surface area (Å²) >= 11 is 7.25. The number of rotatable bonds is 5. The van der Waals surface area contributed by atoms with E-state index in [1.165, 1.54) is 11.3 Å². The molecule has 2 aromatic rings. The number of carbonyl (C=O) groups excluding carboxylic acids is 1. The van der Waals surface area contributed by atoms with Gasteiger partial charge in [0.1, 0.15) is 0 Å². The SMILES string of the molecule is Cl.NCC(NC(=O)c1cc(-c2ccc(Cl)s2)on1)C1CC1. The molecule has 114 valence electrons. The van der Waals surface area contributed by atoms with Crippen LogP contribution in [0.15, 0.2) is 22.7 Å². The van der Waals surface area contributed by atoms with Gasteiger partial charge in [-0.1, -0.05) is 16.8 Å². The minimum absolute atomic E-state index is 0. The van der Waals surface area contributed by atoms with E-state index in [4.69, 9.17) is 21.9 Å². The number of hydrogen-bond acceptors (Lipinski definition) is 5. The van der Waals surface area contributed by atoms with E-state index in [1.807, 2.05) is 6.07 Å². The summed E-state index contributed by atoms with van der Waals surface area (Å²) < 4.78 is 5.85. The fourth-order valence-corrected chi connectivity index (χ4v) is 3.05. The third-order valence-corrected chi connectivity index (χ3v) is 4.57. The Morgan fingerprint density at radius 3 is 2.90 bits per heavy atom. The lowest BCUT2D eigenvalue weighted by Gasteiger charge is -2.14. The van der Waals surface area contributed by atoms with E-state index >= 15 is 0 Å². The zero-order chi connectivity index (χ0) is 14.1. The van der Waals surface area contributed by atoms with Gasteiger partial charge in [-0.25, -0.2) is 0 Å². The lowest BCUT2D eigenvalue weighted by atomic mass is 10.2. The third-order valence-electron chi connectivity index (χ3n) is 3.32. The molecule has 1 unspecified atom stereocenters. The molecule has 1 amide bonds. The van der Waals surface area contributed by atoms with Crippen molar-refractivity contribution in [3.63, 3.8) is 0 Å². The van der Waals surface area contributed by atoms with Gasteiger partial charge in [0.2, 0.25) is 0 Å². The summed E-state index contributed by atoms with van der Waals surface area (Å²) in [6, 6.07) is 5.26. The highest BCUT2D eigenvalue weighted by Crippen LogP contribution is 2.33. The van der Waals surface area contributed by atoms with E-state index in [-0.39, 0.29) is 30.0 Å². The molecule has 2 aromatic heterocycles. The van der Waals surface area contributed by atoms with Crippen molar-refractivity contribution in [1.82, 2.24) is 10.5 Å². The lowest BCUT2D eigenvalue weighted by Crippen LogP contribution is -2.41.